The summed E-state index contributed by atoms with van der Waals surface area (Å²) in [6.45, 7) is 2.59. The number of piperidine rings is 1. The van der Waals surface area contributed by atoms with Gasteiger partial charge in [-0.15, -0.1) is 0 Å². The largest absolute Gasteiger partial charge is 0.493 e. The molecule has 2 aromatic rings. The Bertz CT molecular complexity index is 849. The lowest BCUT2D eigenvalue weighted by Crippen LogP contribution is -2.42. The first kappa shape index (κ1) is 21.9. The lowest BCUT2D eigenvalue weighted by atomic mass is 9.96. The van der Waals surface area contributed by atoms with E-state index in [1.807, 2.05) is 18.2 Å². The molecule has 7 heteroatoms. The number of rotatable bonds is 8. The maximum absolute atomic E-state index is 13.4. The van der Waals surface area contributed by atoms with Gasteiger partial charge in [-0.05, 0) is 54.8 Å². The molecule has 6 nitrogen and oxygen atoms in total. The van der Waals surface area contributed by atoms with Gasteiger partial charge in [0, 0.05) is 19.6 Å². The van der Waals surface area contributed by atoms with Crippen LogP contribution in [0.15, 0.2) is 36.4 Å². The molecule has 0 radical (unpaired) electrons. The van der Waals surface area contributed by atoms with Gasteiger partial charge in [0.05, 0.1) is 27.2 Å². The molecule has 0 saturated carbocycles. The van der Waals surface area contributed by atoms with Crippen molar-refractivity contribution in [3.05, 3.63) is 53.3 Å². The number of benzene rings is 2. The van der Waals surface area contributed by atoms with Gasteiger partial charge in [0.2, 0.25) is 11.7 Å². The van der Waals surface area contributed by atoms with Crippen LogP contribution in [0.25, 0.3) is 0 Å². The second-order valence-corrected chi connectivity index (χ2v) is 7.46. The van der Waals surface area contributed by atoms with E-state index in [1.165, 1.54) is 6.07 Å². The molecule has 162 valence electrons. The molecule has 1 saturated heterocycles. The molecular formula is C23H29FN2O4. The fraction of sp³-hybridized carbons (Fsp3) is 0.435. The van der Waals surface area contributed by atoms with Crippen LogP contribution in [-0.2, 0) is 17.9 Å². The van der Waals surface area contributed by atoms with E-state index < -0.39 is 0 Å². The van der Waals surface area contributed by atoms with E-state index in [1.54, 1.807) is 33.5 Å². The number of carbonyl (C=O) groups excluding carboxylic acids is 1. The van der Waals surface area contributed by atoms with Crippen molar-refractivity contribution >= 4 is 5.91 Å². The number of likely N-dealkylation sites (tertiary alicyclic amines) is 1. The molecule has 1 heterocycles. The van der Waals surface area contributed by atoms with Gasteiger partial charge in [-0.3, -0.25) is 9.69 Å². The molecule has 0 aromatic heterocycles. The minimum atomic E-state index is -0.232. The third-order valence-electron chi connectivity index (χ3n) is 5.36. The predicted octanol–water partition coefficient (Wildman–Crippen LogP) is 3.38. The molecule has 1 aliphatic rings. The quantitative estimate of drug-likeness (QED) is 0.715. The van der Waals surface area contributed by atoms with Crippen LogP contribution in [-0.4, -0.2) is 45.2 Å². The van der Waals surface area contributed by atoms with E-state index in [0.717, 1.165) is 30.5 Å². The van der Waals surface area contributed by atoms with Gasteiger partial charge in [-0.2, -0.15) is 0 Å². The van der Waals surface area contributed by atoms with E-state index in [9.17, 15) is 9.18 Å². The normalized spacial score (nSPS) is 16.7. The molecule has 3 rings (SSSR count). The first-order valence-electron chi connectivity index (χ1n) is 10.1. The lowest BCUT2D eigenvalue weighted by molar-refractivity contribution is -0.126. The molecule has 1 aliphatic heterocycles. The van der Waals surface area contributed by atoms with Crippen molar-refractivity contribution in [2.24, 2.45) is 5.92 Å². The van der Waals surface area contributed by atoms with Crippen LogP contribution in [0, 0.1) is 11.7 Å². The smallest absolute Gasteiger partial charge is 0.224 e. The number of methoxy groups -OCH3 is 3. The van der Waals surface area contributed by atoms with Crippen molar-refractivity contribution in [3.63, 3.8) is 0 Å². The molecule has 0 bridgehead atoms. The van der Waals surface area contributed by atoms with Crippen LogP contribution >= 0.6 is 0 Å². The van der Waals surface area contributed by atoms with Gasteiger partial charge in [-0.1, -0.05) is 12.1 Å². The van der Waals surface area contributed by atoms with Gasteiger partial charge in [-0.25, -0.2) is 4.39 Å². The van der Waals surface area contributed by atoms with Crippen molar-refractivity contribution < 1.29 is 23.4 Å². The van der Waals surface area contributed by atoms with Crippen LogP contribution in [0.4, 0.5) is 4.39 Å². The number of nitrogens with zero attached hydrogens (tertiary/aromatic N) is 1. The first-order valence-corrected chi connectivity index (χ1v) is 10.1. The fourth-order valence-corrected chi connectivity index (χ4v) is 3.88. The highest BCUT2D eigenvalue weighted by atomic mass is 19.1. The maximum Gasteiger partial charge on any atom is 0.224 e. The Labute approximate surface area is 176 Å². The van der Waals surface area contributed by atoms with Gasteiger partial charge < -0.3 is 19.5 Å². The summed E-state index contributed by atoms with van der Waals surface area (Å²) in [5.74, 6) is 1.33. The Morgan fingerprint density at radius 3 is 2.47 bits per heavy atom. The summed E-state index contributed by atoms with van der Waals surface area (Å²) in [5.41, 5.74) is 1.79. The van der Waals surface area contributed by atoms with Crippen molar-refractivity contribution in [2.45, 2.75) is 25.9 Å². The second kappa shape index (κ2) is 10.3. The monoisotopic (exact) mass is 416 g/mol. The van der Waals surface area contributed by atoms with Crippen LogP contribution in [0.5, 0.6) is 17.2 Å². The summed E-state index contributed by atoms with van der Waals surface area (Å²) in [7, 11) is 4.68. The zero-order chi connectivity index (χ0) is 21.5. The maximum atomic E-state index is 13.4. The molecule has 1 amide bonds. The Morgan fingerprint density at radius 1 is 1.10 bits per heavy atom. The second-order valence-electron chi connectivity index (χ2n) is 7.46. The van der Waals surface area contributed by atoms with Gasteiger partial charge >= 0.3 is 0 Å². The average Bonchev–Trinajstić information content (AvgIpc) is 2.76. The molecule has 1 N–H and O–H groups in total. The highest BCUT2D eigenvalue weighted by Crippen LogP contribution is 2.38. The molecule has 2 aromatic carbocycles. The molecular weight excluding hydrogens is 387 g/mol. The number of hydrogen-bond acceptors (Lipinski definition) is 5. The highest BCUT2D eigenvalue weighted by molar-refractivity contribution is 5.79. The van der Waals surface area contributed by atoms with Crippen LogP contribution in [0.1, 0.15) is 24.0 Å². The van der Waals surface area contributed by atoms with Crippen LogP contribution in [0.2, 0.25) is 0 Å². The molecule has 30 heavy (non-hydrogen) atoms. The lowest BCUT2D eigenvalue weighted by Gasteiger charge is -2.32. The zero-order valence-electron chi connectivity index (χ0n) is 17.7. The topological polar surface area (TPSA) is 60.0 Å². The van der Waals surface area contributed by atoms with Gasteiger partial charge in [0.1, 0.15) is 5.82 Å². The highest BCUT2D eigenvalue weighted by Gasteiger charge is 2.26. The summed E-state index contributed by atoms with van der Waals surface area (Å²) < 4.78 is 29.5. The van der Waals surface area contributed by atoms with Crippen molar-refractivity contribution in [1.82, 2.24) is 10.2 Å². The number of amides is 1. The fourth-order valence-electron chi connectivity index (χ4n) is 3.88. The van der Waals surface area contributed by atoms with Gasteiger partial charge in [0.15, 0.2) is 11.5 Å². The Morgan fingerprint density at radius 2 is 1.83 bits per heavy atom. The summed E-state index contributed by atoms with van der Waals surface area (Å²) in [6.07, 6.45) is 1.79. The summed E-state index contributed by atoms with van der Waals surface area (Å²) >= 11 is 0. The number of halogens is 1. The summed E-state index contributed by atoms with van der Waals surface area (Å²) in [6, 6.07) is 10.3. The number of nitrogens with one attached hydrogen (secondary N) is 1. The van der Waals surface area contributed by atoms with Crippen molar-refractivity contribution in [1.29, 1.82) is 0 Å². The van der Waals surface area contributed by atoms with Crippen LogP contribution < -0.4 is 19.5 Å². The van der Waals surface area contributed by atoms with Crippen LogP contribution in [0.3, 0.4) is 0 Å². The molecule has 0 spiro atoms. The standard InChI is InChI=1S/C23H29FN2O4/c1-28-20-11-17(12-21(29-2)22(20)30-3)13-25-23(27)18-7-5-9-26(15-18)14-16-6-4-8-19(24)10-16/h4,6,8,10-12,18H,5,7,9,13-15H2,1-3H3,(H,25,27). The third kappa shape index (κ3) is 5.42. The summed E-state index contributed by atoms with van der Waals surface area (Å²) in [4.78, 5) is 15.0. The SMILES string of the molecule is COc1cc(CNC(=O)C2CCCN(Cc3cccc(F)c3)C2)cc(OC)c1OC. The molecule has 0 aliphatic carbocycles. The molecule has 1 fully saturated rings. The van der Waals surface area contributed by atoms with E-state index in [4.69, 9.17) is 14.2 Å². The molecule has 1 atom stereocenters. The van der Waals surface area contributed by atoms with E-state index in [-0.39, 0.29) is 17.6 Å². The minimum Gasteiger partial charge on any atom is -0.493 e. The zero-order valence-corrected chi connectivity index (χ0v) is 17.7. The predicted molar refractivity (Wildman–Crippen MR) is 112 cm³/mol. The van der Waals surface area contributed by atoms with E-state index >= 15 is 0 Å². The number of ether oxygens (including phenoxy) is 3. The number of carbonyl (C=O) groups is 1. The molecule has 1 unspecified atom stereocenters. The van der Waals surface area contributed by atoms with E-state index in [0.29, 0.717) is 36.9 Å². The first-order chi connectivity index (χ1) is 14.5. The Balaban J connectivity index is 1.59. The van der Waals surface area contributed by atoms with Crippen molar-refractivity contribution in [3.8, 4) is 17.2 Å². The third-order valence-corrected chi connectivity index (χ3v) is 5.36. The Kier molecular flexibility index (Phi) is 7.52. The van der Waals surface area contributed by atoms with Crippen molar-refractivity contribution in [2.75, 3.05) is 34.4 Å². The number of hydrogen-bond donors (Lipinski definition) is 1. The van der Waals surface area contributed by atoms with Gasteiger partial charge in [0.25, 0.3) is 0 Å². The minimum absolute atomic E-state index is 0.0210. The Hall–Kier alpha value is -2.80. The summed E-state index contributed by atoms with van der Waals surface area (Å²) in [5, 5.41) is 3.02. The average molecular weight is 416 g/mol. The van der Waals surface area contributed by atoms with E-state index in [2.05, 4.69) is 10.2 Å².